The minimum absolute atomic E-state index is 0.271. The van der Waals surface area contributed by atoms with Gasteiger partial charge in [-0.2, -0.15) is 0 Å². The summed E-state index contributed by atoms with van der Waals surface area (Å²) < 4.78 is 11.2. The highest BCUT2D eigenvalue weighted by Crippen LogP contribution is 2.25. The summed E-state index contributed by atoms with van der Waals surface area (Å²) >= 11 is 1.68. The molecule has 130 valence electrons. The maximum absolute atomic E-state index is 5.76. The van der Waals surface area contributed by atoms with Gasteiger partial charge < -0.3 is 19.7 Å². The zero-order valence-corrected chi connectivity index (χ0v) is 15.1. The van der Waals surface area contributed by atoms with Gasteiger partial charge in [0.2, 0.25) is 0 Å². The summed E-state index contributed by atoms with van der Waals surface area (Å²) in [5, 5.41) is 6.62. The Hall–Kier alpha value is -1.47. The van der Waals surface area contributed by atoms with E-state index in [1.54, 1.807) is 11.3 Å². The van der Waals surface area contributed by atoms with E-state index >= 15 is 0 Å². The van der Waals surface area contributed by atoms with Crippen molar-refractivity contribution in [1.29, 1.82) is 0 Å². The summed E-state index contributed by atoms with van der Waals surface area (Å²) in [5.41, 5.74) is 2.21. The van der Waals surface area contributed by atoms with Crippen LogP contribution in [0.2, 0.25) is 0 Å². The number of nitrogens with one attached hydrogen (secondary N) is 1. The predicted octanol–water partition coefficient (Wildman–Crippen LogP) is 2.63. The lowest BCUT2D eigenvalue weighted by molar-refractivity contribution is -0.0182. The first-order valence-corrected chi connectivity index (χ1v) is 9.31. The number of aromatic nitrogens is 1. The number of likely N-dealkylation sites (N-methyl/N-ethyl adjacent to an activating group) is 1. The molecule has 1 atom stereocenters. The zero-order chi connectivity index (χ0) is 16.8. The summed E-state index contributed by atoms with van der Waals surface area (Å²) in [4.78, 5) is 7.03. The number of rotatable bonds is 7. The fourth-order valence-electron chi connectivity index (χ4n) is 2.73. The van der Waals surface area contributed by atoms with Gasteiger partial charge in [-0.1, -0.05) is 0 Å². The molecule has 1 aromatic heterocycles. The van der Waals surface area contributed by atoms with E-state index in [1.807, 2.05) is 19.1 Å². The van der Waals surface area contributed by atoms with Crippen LogP contribution in [0.5, 0.6) is 5.75 Å². The van der Waals surface area contributed by atoms with Gasteiger partial charge in [0.15, 0.2) is 0 Å². The van der Waals surface area contributed by atoms with E-state index in [0.717, 1.165) is 54.8 Å². The van der Waals surface area contributed by atoms with Gasteiger partial charge in [-0.3, -0.25) is 0 Å². The predicted molar refractivity (Wildman–Crippen MR) is 97.7 cm³/mol. The van der Waals surface area contributed by atoms with Crippen molar-refractivity contribution in [2.24, 2.45) is 0 Å². The van der Waals surface area contributed by atoms with E-state index in [2.05, 4.69) is 34.8 Å². The molecule has 0 bridgehead atoms. The van der Waals surface area contributed by atoms with Crippen molar-refractivity contribution >= 4 is 11.3 Å². The highest BCUT2D eigenvalue weighted by atomic mass is 32.1. The fourth-order valence-corrected chi connectivity index (χ4v) is 3.56. The van der Waals surface area contributed by atoms with Crippen LogP contribution in [0.3, 0.4) is 0 Å². The summed E-state index contributed by atoms with van der Waals surface area (Å²) in [7, 11) is 2.14. The lowest BCUT2D eigenvalue weighted by Crippen LogP contribution is -2.44. The topological polar surface area (TPSA) is 46.6 Å². The van der Waals surface area contributed by atoms with Crippen LogP contribution in [-0.4, -0.2) is 55.9 Å². The Morgan fingerprint density at radius 3 is 2.96 bits per heavy atom. The van der Waals surface area contributed by atoms with E-state index in [1.165, 1.54) is 0 Å². The maximum Gasteiger partial charge on any atom is 0.123 e. The standard InChI is InChI=1S/C18H25N3O2S/c1-3-22-16-6-4-14(5-7-16)18-20-15(13-24-18)10-19-11-17-12-21(2)8-9-23-17/h4-7,13,17,19H,3,8-12H2,1-2H3/t17-/m0/s1. The Kier molecular flexibility index (Phi) is 6.20. The van der Waals surface area contributed by atoms with Crippen LogP contribution in [0.15, 0.2) is 29.6 Å². The molecule has 5 nitrogen and oxygen atoms in total. The quantitative estimate of drug-likeness (QED) is 0.834. The average Bonchev–Trinajstić information content (AvgIpc) is 3.05. The van der Waals surface area contributed by atoms with Crippen molar-refractivity contribution in [3.05, 3.63) is 35.3 Å². The number of hydrogen-bond acceptors (Lipinski definition) is 6. The van der Waals surface area contributed by atoms with E-state index in [9.17, 15) is 0 Å². The lowest BCUT2D eigenvalue weighted by Gasteiger charge is -2.30. The van der Waals surface area contributed by atoms with Crippen LogP contribution in [-0.2, 0) is 11.3 Å². The van der Waals surface area contributed by atoms with Gasteiger partial charge in [0.1, 0.15) is 10.8 Å². The molecule has 1 aromatic carbocycles. The molecule has 2 heterocycles. The van der Waals surface area contributed by atoms with Crippen LogP contribution >= 0.6 is 11.3 Å². The number of benzene rings is 1. The fraction of sp³-hybridized carbons (Fsp3) is 0.500. The molecule has 1 aliphatic heterocycles. The number of hydrogen-bond donors (Lipinski definition) is 1. The molecule has 0 amide bonds. The first kappa shape index (κ1) is 17.4. The monoisotopic (exact) mass is 347 g/mol. The first-order chi connectivity index (χ1) is 11.7. The second-order valence-electron chi connectivity index (χ2n) is 5.99. The number of morpholine rings is 1. The van der Waals surface area contributed by atoms with E-state index in [0.29, 0.717) is 6.61 Å². The Morgan fingerprint density at radius 2 is 2.21 bits per heavy atom. The molecular weight excluding hydrogens is 322 g/mol. The third kappa shape index (κ3) is 4.77. The van der Waals surface area contributed by atoms with Gasteiger partial charge >= 0.3 is 0 Å². The van der Waals surface area contributed by atoms with Crippen molar-refractivity contribution in [3.63, 3.8) is 0 Å². The Bertz CT molecular complexity index is 629. The van der Waals surface area contributed by atoms with Crippen LogP contribution in [0.4, 0.5) is 0 Å². The molecule has 24 heavy (non-hydrogen) atoms. The van der Waals surface area contributed by atoms with Gasteiger partial charge in [-0.25, -0.2) is 4.98 Å². The largest absolute Gasteiger partial charge is 0.494 e. The van der Waals surface area contributed by atoms with E-state index in [4.69, 9.17) is 14.5 Å². The zero-order valence-electron chi connectivity index (χ0n) is 14.3. The second kappa shape index (κ2) is 8.58. The Balaban J connectivity index is 1.50. The number of thiazole rings is 1. The van der Waals surface area contributed by atoms with Gasteiger partial charge in [-0.15, -0.1) is 11.3 Å². The normalized spacial score (nSPS) is 18.7. The van der Waals surface area contributed by atoms with Crippen LogP contribution in [0.1, 0.15) is 12.6 Å². The van der Waals surface area contributed by atoms with Crippen molar-refractivity contribution < 1.29 is 9.47 Å². The van der Waals surface area contributed by atoms with Crippen molar-refractivity contribution in [3.8, 4) is 16.3 Å². The highest BCUT2D eigenvalue weighted by molar-refractivity contribution is 7.13. The molecule has 0 saturated carbocycles. The van der Waals surface area contributed by atoms with Gasteiger partial charge in [0.05, 0.1) is 25.0 Å². The van der Waals surface area contributed by atoms with Crippen molar-refractivity contribution in [2.75, 3.05) is 39.9 Å². The van der Waals surface area contributed by atoms with Gasteiger partial charge in [0, 0.05) is 37.1 Å². The molecule has 3 rings (SSSR count). The summed E-state index contributed by atoms with van der Waals surface area (Å²) in [6.07, 6.45) is 0.271. The summed E-state index contributed by atoms with van der Waals surface area (Å²) in [6.45, 7) is 7.14. The lowest BCUT2D eigenvalue weighted by atomic mass is 10.2. The average molecular weight is 347 g/mol. The molecule has 0 spiro atoms. The van der Waals surface area contributed by atoms with Crippen molar-refractivity contribution in [1.82, 2.24) is 15.2 Å². The molecule has 0 unspecified atom stereocenters. The van der Waals surface area contributed by atoms with Crippen LogP contribution in [0, 0.1) is 0 Å². The van der Waals surface area contributed by atoms with Crippen molar-refractivity contribution in [2.45, 2.75) is 19.6 Å². The number of ether oxygens (including phenoxy) is 2. The van der Waals surface area contributed by atoms with Crippen LogP contribution < -0.4 is 10.1 Å². The van der Waals surface area contributed by atoms with Gasteiger partial charge in [0.25, 0.3) is 0 Å². The first-order valence-electron chi connectivity index (χ1n) is 8.43. The molecule has 1 N–H and O–H groups in total. The molecule has 6 heteroatoms. The molecule has 2 aromatic rings. The maximum atomic E-state index is 5.76. The Labute approximate surface area is 147 Å². The third-order valence-corrected chi connectivity index (χ3v) is 4.92. The molecule has 1 fully saturated rings. The molecular formula is C18H25N3O2S. The highest BCUT2D eigenvalue weighted by Gasteiger charge is 2.17. The summed E-state index contributed by atoms with van der Waals surface area (Å²) in [6, 6.07) is 8.11. The molecule has 1 aliphatic rings. The summed E-state index contributed by atoms with van der Waals surface area (Å²) in [5.74, 6) is 0.900. The van der Waals surface area contributed by atoms with E-state index < -0.39 is 0 Å². The van der Waals surface area contributed by atoms with Crippen LogP contribution in [0.25, 0.3) is 10.6 Å². The number of nitrogens with zero attached hydrogens (tertiary/aromatic N) is 2. The Morgan fingerprint density at radius 1 is 1.38 bits per heavy atom. The minimum Gasteiger partial charge on any atom is -0.494 e. The third-order valence-electron chi connectivity index (χ3n) is 3.98. The molecule has 1 saturated heterocycles. The van der Waals surface area contributed by atoms with E-state index in [-0.39, 0.29) is 6.10 Å². The molecule has 0 aliphatic carbocycles. The minimum atomic E-state index is 0.271. The molecule has 0 radical (unpaired) electrons. The second-order valence-corrected chi connectivity index (χ2v) is 6.85. The smallest absolute Gasteiger partial charge is 0.123 e. The van der Waals surface area contributed by atoms with Gasteiger partial charge in [-0.05, 0) is 38.2 Å². The SMILES string of the molecule is CCOc1ccc(-c2nc(CNC[C@H]3CN(C)CCO3)cs2)cc1.